The summed E-state index contributed by atoms with van der Waals surface area (Å²) in [4.78, 5) is 38.1. The second kappa shape index (κ2) is 50.8. The number of hydrogen-bond donors (Lipinski definition) is 0. The monoisotopic (exact) mass is 905 g/mol. The van der Waals surface area contributed by atoms with Crippen LogP contribution in [0.15, 0.2) is 0 Å². The molecule has 6 nitrogen and oxygen atoms in total. The Kier molecular flexibility index (Phi) is 49.6. The molecule has 0 spiro atoms. The fraction of sp³-hybridized carbons (Fsp3) is 0.948. The molecule has 0 saturated carbocycles. The topological polar surface area (TPSA) is 78.9 Å². The molecule has 6 heteroatoms. The van der Waals surface area contributed by atoms with E-state index in [1.807, 2.05) is 0 Å². The maximum atomic E-state index is 12.8. The van der Waals surface area contributed by atoms with Crippen LogP contribution in [0.5, 0.6) is 0 Å². The molecule has 0 saturated heterocycles. The van der Waals surface area contributed by atoms with E-state index in [2.05, 4.69) is 34.6 Å². The van der Waals surface area contributed by atoms with E-state index in [-0.39, 0.29) is 31.1 Å². The number of carbonyl (C=O) groups is 3. The lowest BCUT2D eigenvalue weighted by atomic mass is 9.99. The summed E-state index contributed by atoms with van der Waals surface area (Å²) in [5.41, 5.74) is 0. The third-order valence-corrected chi connectivity index (χ3v) is 13.6. The molecule has 0 aromatic rings. The van der Waals surface area contributed by atoms with Crippen molar-refractivity contribution in [1.29, 1.82) is 0 Å². The van der Waals surface area contributed by atoms with Gasteiger partial charge in [-0.15, -0.1) is 0 Å². The van der Waals surface area contributed by atoms with Crippen molar-refractivity contribution in [3.05, 3.63) is 0 Å². The highest BCUT2D eigenvalue weighted by Gasteiger charge is 2.19. The molecule has 380 valence electrons. The average molecular weight is 906 g/mol. The lowest BCUT2D eigenvalue weighted by Gasteiger charge is -2.18. The first kappa shape index (κ1) is 62.4. The fourth-order valence-electron chi connectivity index (χ4n) is 8.84. The number of esters is 3. The van der Waals surface area contributed by atoms with Gasteiger partial charge in [-0.1, -0.05) is 285 Å². The van der Waals surface area contributed by atoms with Gasteiger partial charge in [0.25, 0.3) is 0 Å². The largest absolute Gasteiger partial charge is 0.462 e. The van der Waals surface area contributed by atoms with Gasteiger partial charge in [0.2, 0.25) is 0 Å². The van der Waals surface area contributed by atoms with Crippen LogP contribution < -0.4 is 0 Å². The highest BCUT2D eigenvalue weighted by molar-refractivity contribution is 5.71. The van der Waals surface area contributed by atoms with Gasteiger partial charge in [-0.25, -0.2) is 0 Å². The summed E-state index contributed by atoms with van der Waals surface area (Å²) >= 11 is 0. The van der Waals surface area contributed by atoms with Gasteiger partial charge in [0.15, 0.2) is 6.10 Å². The van der Waals surface area contributed by atoms with Crippen LogP contribution in [0, 0.1) is 11.8 Å². The number of ether oxygens (including phenoxy) is 3. The zero-order valence-corrected chi connectivity index (χ0v) is 43.9. The average Bonchev–Trinajstić information content (AvgIpc) is 3.28. The first-order valence-corrected chi connectivity index (χ1v) is 28.8. The predicted molar refractivity (Wildman–Crippen MR) is 275 cm³/mol. The molecular weight excluding hydrogens is 793 g/mol. The summed E-state index contributed by atoms with van der Waals surface area (Å²) in [5, 5.41) is 0. The van der Waals surface area contributed by atoms with E-state index in [1.165, 1.54) is 212 Å². The van der Waals surface area contributed by atoms with Crippen molar-refractivity contribution in [2.45, 2.75) is 330 Å². The van der Waals surface area contributed by atoms with Gasteiger partial charge in [0.1, 0.15) is 13.2 Å². The summed E-state index contributed by atoms with van der Waals surface area (Å²) in [6.07, 6.45) is 53.7. The molecule has 0 N–H and O–H groups in total. The fourth-order valence-corrected chi connectivity index (χ4v) is 8.84. The van der Waals surface area contributed by atoms with Crippen molar-refractivity contribution in [1.82, 2.24) is 0 Å². The standard InChI is InChI=1S/C58H112O6/c1-6-8-9-10-11-12-13-14-15-19-22-28-33-38-43-48-56(59)62-51-55(64-58(61)50-45-40-35-30-25-24-27-32-37-42-47-54(5)7-2)52-63-57(60)49-44-39-34-29-23-20-17-16-18-21-26-31-36-41-46-53(3)4/h53-55H,6-52H2,1-5H3/t54?,55-/m1/s1. The molecule has 0 radical (unpaired) electrons. The molecule has 0 aliphatic rings. The Morgan fingerprint density at radius 2 is 0.594 bits per heavy atom. The van der Waals surface area contributed by atoms with Crippen molar-refractivity contribution >= 4 is 17.9 Å². The molecule has 0 aromatic carbocycles. The number of rotatable bonds is 52. The third-order valence-electron chi connectivity index (χ3n) is 13.6. The van der Waals surface area contributed by atoms with Crippen LogP contribution in [0.1, 0.15) is 324 Å². The van der Waals surface area contributed by atoms with Crippen molar-refractivity contribution < 1.29 is 28.6 Å². The van der Waals surface area contributed by atoms with Gasteiger partial charge in [-0.2, -0.15) is 0 Å². The first-order valence-electron chi connectivity index (χ1n) is 28.8. The number of hydrogen-bond acceptors (Lipinski definition) is 6. The third kappa shape index (κ3) is 49.8. The maximum absolute atomic E-state index is 12.8. The van der Waals surface area contributed by atoms with Gasteiger partial charge in [0, 0.05) is 19.3 Å². The van der Waals surface area contributed by atoms with E-state index in [4.69, 9.17) is 14.2 Å². The van der Waals surface area contributed by atoms with Crippen LogP contribution >= 0.6 is 0 Å². The Morgan fingerprint density at radius 3 is 0.891 bits per heavy atom. The first-order chi connectivity index (χ1) is 31.3. The molecule has 0 fully saturated rings. The Labute approximate surface area is 399 Å². The lowest BCUT2D eigenvalue weighted by Crippen LogP contribution is -2.30. The summed E-state index contributed by atoms with van der Waals surface area (Å²) in [6.45, 7) is 11.4. The van der Waals surface area contributed by atoms with Crippen LogP contribution in [-0.2, 0) is 28.6 Å². The summed E-state index contributed by atoms with van der Waals surface area (Å²) < 4.78 is 16.9. The van der Waals surface area contributed by atoms with Gasteiger partial charge in [-0.05, 0) is 31.1 Å². The molecular formula is C58H112O6. The van der Waals surface area contributed by atoms with E-state index in [9.17, 15) is 14.4 Å². The Hall–Kier alpha value is -1.59. The minimum Gasteiger partial charge on any atom is -0.462 e. The van der Waals surface area contributed by atoms with Crippen molar-refractivity contribution in [3.8, 4) is 0 Å². The molecule has 64 heavy (non-hydrogen) atoms. The van der Waals surface area contributed by atoms with Crippen molar-refractivity contribution in [3.63, 3.8) is 0 Å². The Morgan fingerprint density at radius 1 is 0.328 bits per heavy atom. The molecule has 0 heterocycles. The highest BCUT2D eigenvalue weighted by Crippen LogP contribution is 2.18. The van der Waals surface area contributed by atoms with E-state index in [0.717, 1.165) is 69.6 Å². The molecule has 0 aromatic heterocycles. The normalized spacial score (nSPS) is 12.5. The van der Waals surface area contributed by atoms with Gasteiger partial charge < -0.3 is 14.2 Å². The van der Waals surface area contributed by atoms with Crippen LogP contribution in [0.25, 0.3) is 0 Å². The second-order valence-electron chi connectivity index (χ2n) is 20.6. The minimum absolute atomic E-state index is 0.0628. The quantitative estimate of drug-likeness (QED) is 0.0344. The molecule has 1 unspecified atom stereocenters. The van der Waals surface area contributed by atoms with E-state index in [1.54, 1.807) is 0 Å². The van der Waals surface area contributed by atoms with Crippen LogP contribution in [0.2, 0.25) is 0 Å². The number of unbranched alkanes of at least 4 members (excludes halogenated alkanes) is 36. The predicted octanol–water partition coefficient (Wildman–Crippen LogP) is 18.9. The second-order valence-corrected chi connectivity index (χ2v) is 20.6. The lowest BCUT2D eigenvalue weighted by molar-refractivity contribution is -0.167. The number of carbonyl (C=O) groups excluding carboxylic acids is 3. The molecule has 0 aliphatic heterocycles. The molecule has 0 bridgehead atoms. The molecule has 0 amide bonds. The van der Waals surface area contributed by atoms with Gasteiger partial charge in [0.05, 0.1) is 0 Å². The summed E-state index contributed by atoms with van der Waals surface area (Å²) in [6, 6.07) is 0. The zero-order valence-electron chi connectivity index (χ0n) is 43.9. The van der Waals surface area contributed by atoms with Crippen LogP contribution in [-0.4, -0.2) is 37.2 Å². The van der Waals surface area contributed by atoms with Gasteiger partial charge in [-0.3, -0.25) is 14.4 Å². The van der Waals surface area contributed by atoms with E-state index in [0.29, 0.717) is 19.3 Å². The Bertz CT molecular complexity index is 980. The van der Waals surface area contributed by atoms with Crippen LogP contribution in [0.4, 0.5) is 0 Å². The van der Waals surface area contributed by atoms with E-state index < -0.39 is 6.10 Å². The molecule has 2 atom stereocenters. The zero-order chi connectivity index (χ0) is 46.8. The maximum Gasteiger partial charge on any atom is 0.306 e. The smallest absolute Gasteiger partial charge is 0.306 e. The van der Waals surface area contributed by atoms with Gasteiger partial charge >= 0.3 is 17.9 Å². The van der Waals surface area contributed by atoms with Crippen LogP contribution in [0.3, 0.4) is 0 Å². The SMILES string of the molecule is CCCCCCCCCCCCCCCCCC(=O)OC[C@H](COC(=O)CCCCCCCCCCCCCCCCC(C)C)OC(=O)CCCCCCCCCCCCC(C)CC. The highest BCUT2D eigenvalue weighted by atomic mass is 16.6. The van der Waals surface area contributed by atoms with Crippen molar-refractivity contribution in [2.75, 3.05) is 13.2 Å². The Balaban J connectivity index is 4.30. The molecule has 0 rings (SSSR count). The molecule has 0 aliphatic carbocycles. The van der Waals surface area contributed by atoms with E-state index >= 15 is 0 Å². The summed E-state index contributed by atoms with van der Waals surface area (Å²) in [5.74, 6) is 0.872. The van der Waals surface area contributed by atoms with Crippen molar-refractivity contribution in [2.24, 2.45) is 11.8 Å². The minimum atomic E-state index is -0.763. The summed E-state index contributed by atoms with van der Waals surface area (Å²) in [7, 11) is 0.